The third-order valence-electron chi connectivity index (χ3n) is 4.25. The van der Waals surface area contributed by atoms with Gasteiger partial charge in [0.05, 0.1) is 13.7 Å². The molecule has 8 heteroatoms. The minimum atomic E-state index is -1.39. The molecular weight excluding hydrogens is 330 g/mol. The lowest BCUT2D eigenvalue weighted by atomic mass is 10.1. The van der Waals surface area contributed by atoms with Crippen LogP contribution in [0.4, 0.5) is 0 Å². The maximum absolute atomic E-state index is 12.2. The highest BCUT2D eigenvalue weighted by Gasteiger charge is 2.43. The number of methoxy groups -OCH3 is 1. The molecule has 1 aromatic heterocycles. The minimum Gasteiger partial charge on any atom is -0.507 e. The summed E-state index contributed by atoms with van der Waals surface area (Å²) in [6, 6.07) is 7.84. The van der Waals surface area contributed by atoms with E-state index in [0.717, 1.165) is 10.6 Å². The van der Waals surface area contributed by atoms with Crippen molar-refractivity contribution in [3.63, 3.8) is 0 Å². The van der Waals surface area contributed by atoms with E-state index < -0.39 is 36.7 Å². The molecule has 1 fully saturated rings. The fourth-order valence-electron chi connectivity index (χ4n) is 2.84. The second kappa shape index (κ2) is 6.85. The number of benzene rings is 1. The molecule has 3 rings (SSSR count). The molecule has 8 nitrogen and oxygen atoms in total. The number of aromatic hydroxyl groups is 1. The van der Waals surface area contributed by atoms with Crippen molar-refractivity contribution in [2.75, 3.05) is 13.7 Å². The van der Waals surface area contributed by atoms with Crippen molar-refractivity contribution in [2.45, 2.75) is 24.5 Å². The Labute approximate surface area is 143 Å². The van der Waals surface area contributed by atoms with E-state index in [1.54, 1.807) is 24.3 Å². The SMILES string of the molecule is COc1ccc(-c2cn([C@@H]3O[C@H](CO)[C@@H](O)[C@H]3O)c(=O)cc2O)cc1. The molecule has 0 radical (unpaired) electrons. The Kier molecular flexibility index (Phi) is 4.78. The van der Waals surface area contributed by atoms with Crippen molar-refractivity contribution in [3.8, 4) is 22.6 Å². The monoisotopic (exact) mass is 349 g/mol. The summed E-state index contributed by atoms with van der Waals surface area (Å²) in [5, 5.41) is 39.3. The molecule has 1 aliphatic heterocycles. The van der Waals surface area contributed by atoms with E-state index in [1.165, 1.54) is 13.3 Å². The number of rotatable bonds is 4. The molecule has 2 aromatic rings. The third kappa shape index (κ3) is 3.12. The van der Waals surface area contributed by atoms with Gasteiger partial charge in [-0.25, -0.2) is 0 Å². The Morgan fingerprint density at radius 1 is 1.20 bits per heavy atom. The van der Waals surface area contributed by atoms with Crippen LogP contribution in [-0.4, -0.2) is 57.0 Å². The Morgan fingerprint density at radius 3 is 2.44 bits per heavy atom. The molecule has 4 N–H and O–H groups in total. The second-order valence-corrected chi connectivity index (χ2v) is 5.78. The molecule has 1 aliphatic rings. The first-order chi connectivity index (χ1) is 12.0. The number of aliphatic hydroxyl groups excluding tert-OH is 3. The maximum atomic E-state index is 12.2. The third-order valence-corrected chi connectivity index (χ3v) is 4.25. The van der Waals surface area contributed by atoms with E-state index >= 15 is 0 Å². The van der Waals surface area contributed by atoms with Gasteiger partial charge in [0.2, 0.25) is 0 Å². The lowest BCUT2D eigenvalue weighted by Gasteiger charge is -2.19. The van der Waals surface area contributed by atoms with Gasteiger partial charge in [0.1, 0.15) is 29.8 Å². The van der Waals surface area contributed by atoms with E-state index in [-0.39, 0.29) is 5.75 Å². The van der Waals surface area contributed by atoms with Gasteiger partial charge in [-0.05, 0) is 17.7 Å². The quantitative estimate of drug-likeness (QED) is 0.605. The second-order valence-electron chi connectivity index (χ2n) is 5.78. The molecule has 134 valence electrons. The average Bonchev–Trinajstić information content (AvgIpc) is 2.90. The molecule has 0 aliphatic carbocycles. The van der Waals surface area contributed by atoms with Crippen LogP contribution in [0.1, 0.15) is 6.23 Å². The fraction of sp³-hybridized carbons (Fsp3) is 0.353. The summed E-state index contributed by atoms with van der Waals surface area (Å²) in [7, 11) is 1.54. The standard InChI is InChI=1S/C17H19NO7/c1-24-10-4-2-9(3-5-10)11-7-18(14(21)6-12(11)20)17-16(23)15(22)13(8-19)25-17/h2-7,13,15-17,19-20,22-23H,8H2,1H3/t13-,15-,16-,17-/m1/s1. The molecule has 1 saturated heterocycles. The summed E-state index contributed by atoms with van der Waals surface area (Å²) in [4.78, 5) is 12.2. The van der Waals surface area contributed by atoms with Gasteiger partial charge in [0.25, 0.3) is 5.56 Å². The Hall–Kier alpha value is -2.39. The first kappa shape index (κ1) is 17.4. The Bertz CT molecular complexity index is 802. The van der Waals surface area contributed by atoms with Gasteiger partial charge >= 0.3 is 0 Å². The van der Waals surface area contributed by atoms with Crippen molar-refractivity contribution in [3.05, 3.63) is 46.9 Å². The van der Waals surface area contributed by atoms with Gasteiger partial charge in [-0.1, -0.05) is 12.1 Å². The van der Waals surface area contributed by atoms with Crippen molar-refractivity contribution in [1.82, 2.24) is 4.57 Å². The average molecular weight is 349 g/mol. The molecule has 25 heavy (non-hydrogen) atoms. The summed E-state index contributed by atoms with van der Waals surface area (Å²) in [6.45, 7) is -0.493. The molecule has 0 saturated carbocycles. The number of hydrogen-bond donors (Lipinski definition) is 4. The predicted molar refractivity (Wildman–Crippen MR) is 87.4 cm³/mol. The zero-order valence-electron chi connectivity index (χ0n) is 13.4. The molecule has 0 amide bonds. The van der Waals surface area contributed by atoms with Gasteiger partial charge in [-0.15, -0.1) is 0 Å². The first-order valence-electron chi connectivity index (χ1n) is 7.68. The van der Waals surface area contributed by atoms with Crippen LogP contribution in [0.3, 0.4) is 0 Å². The van der Waals surface area contributed by atoms with Crippen molar-refractivity contribution in [1.29, 1.82) is 0 Å². The highest BCUT2D eigenvalue weighted by Crippen LogP contribution is 2.33. The van der Waals surface area contributed by atoms with Crippen LogP contribution >= 0.6 is 0 Å². The highest BCUT2D eigenvalue weighted by atomic mass is 16.6. The van der Waals surface area contributed by atoms with E-state index in [2.05, 4.69) is 0 Å². The van der Waals surface area contributed by atoms with Crippen LogP contribution < -0.4 is 10.3 Å². The number of pyridine rings is 1. The summed E-state index contributed by atoms with van der Waals surface area (Å²) in [5.41, 5.74) is 0.364. The highest BCUT2D eigenvalue weighted by molar-refractivity contribution is 5.69. The lowest BCUT2D eigenvalue weighted by molar-refractivity contribution is -0.0543. The summed E-state index contributed by atoms with van der Waals surface area (Å²) >= 11 is 0. The predicted octanol–water partition coefficient (Wildman–Crippen LogP) is -0.159. The smallest absolute Gasteiger partial charge is 0.256 e. The van der Waals surface area contributed by atoms with Crippen LogP contribution in [0.15, 0.2) is 41.3 Å². The lowest BCUT2D eigenvalue weighted by Crippen LogP contribution is -2.35. The molecule has 2 heterocycles. The van der Waals surface area contributed by atoms with Gasteiger partial charge in [-0.3, -0.25) is 9.36 Å². The van der Waals surface area contributed by atoms with Crippen LogP contribution in [0, 0.1) is 0 Å². The molecule has 0 bridgehead atoms. The van der Waals surface area contributed by atoms with E-state index in [9.17, 15) is 25.2 Å². The fourth-order valence-corrected chi connectivity index (χ4v) is 2.84. The van der Waals surface area contributed by atoms with E-state index in [1.807, 2.05) is 0 Å². The molecule has 0 unspecified atom stereocenters. The van der Waals surface area contributed by atoms with Crippen LogP contribution in [0.25, 0.3) is 11.1 Å². The summed E-state index contributed by atoms with van der Waals surface area (Å²) in [6.07, 6.45) is -3.52. The topological polar surface area (TPSA) is 121 Å². The summed E-state index contributed by atoms with van der Waals surface area (Å²) < 4.78 is 11.6. The van der Waals surface area contributed by atoms with Crippen LogP contribution in [-0.2, 0) is 4.74 Å². The molecule has 0 spiro atoms. The van der Waals surface area contributed by atoms with Gasteiger partial charge in [0.15, 0.2) is 6.23 Å². The molecule has 1 aromatic carbocycles. The number of nitrogens with zero attached hydrogens (tertiary/aromatic N) is 1. The number of aromatic nitrogens is 1. The molecular formula is C17H19NO7. The van der Waals surface area contributed by atoms with Crippen molar-refractivity contribution >= 4 is 0 Å². The maximum Gasteiger partial charge on any atom is 0.256 e. The van der Waals surface area contributed by atoms with Crippen LogP contribution in [0.5, 0.6) is 11.5 Å². The van der Waals surface area contributed by atoms with Crippen LogP contribution in [0.2, 0.25) is 0 Å². The normalized spacial score (nSPS) is 25.9. The Balaban J connectivity index is 2.02. The Morgan fingerprint density at radius 2 is 1.88 bits per heavy atom. The first-order valence-corrected chi connectivity index (χ1v) is 7.68. The van der Waals surface area contributed by atoms with Gasteiger partial charge in [0, 0.05) is 17.8 Å². The van der Waals surface area contributed by atoms with Gasteiger partial charge in [-0.2, -0.15) is 0 Å². The zero-order valence-corrected chi connectivity index (χ0v) is 13.4. The zero-order chi connectivity index (χ0) is 18.1. The molecule has 4 atom stereocenters. The van der Waals surface area contributed by atoms with E-state index in [4.69, 9.17) is 9.47 Å². The minimum absolute atomic E-state index is 0.224. The number of ether oxygens (including phenoxy) is 2. The number of aliphatic hydroxyl groups is 3. The number of hydrogen-bond acceptors (Lipinski definition) is 7. The van der Waals surface area contributed by atoms with E-state index in [0.29, 0.717) is 16.9 Å². The van der Waals surface area contributed by atoms with Crippen molar-refractivity contribution < 1.29 is 29.9 Å². The summed E-state index contributed by atoms with van der Waals surface area (Å²) in [5.74, 6) is 0.415. The van der Waals surface area contributed by atoms with Gasteiger partial charge < -0.3 is 29.9 Å². The van der Waals surface area contributed by atoms with Crippen molar-refractivity contribution in [2.24, 2.45) is 0 Å². The largest absolute Gasteiger partial charge is 0.507 e.